The zero-order valence-corrected chi connectivity index (χ0v) is 13.0. The van der Waals surface area contributed by atoms with Crippen LogP contribution in [0.3, 0.4) is 0 Å². The quantitative estimate of drug-likeness (QED) is 0.907. The van der Waals surface area contributed by atoms with Crippen LogP contribution >= 0.6 is 11.8 Å². The molecule has 110 valence electrons. The van der Waals surface area contributed by atoms with E-state index in [0.29, 0.717) is 5.69 Å². The first kappa shape index (κ1) is 16.4. The summed E-state index contributed by atoms with van der Waals surface area (Å²) in [6, 6.07) is 6.35. The van der Waals surface area contributed by atoms with Crippen LogP contribution in [-0.2, 0) is 0 Å². The summed E-state index contributed by atoms with van der Waals surface area (Å²) in [5, 5.41) is 9.17. The number of benzene rings is 1. The molecule has 0 aliphatic carbocycles. The molecule has 0 radical (unpaired) electrons. The first-order chi connectivity index (χ1) is 9.40. The number of thioether (sulfide) groups is 1. The van der Waals surface area contributed by atoms with Gasteiger partial charge in [0.2, 0.25) is 0 Å². The minimum absolute atomic E-state index is 0.0805. The van der Waals surface area contributed by atoms with Crippen molar-refractivity contribution in [2.45, 2.75) is 13.0 Å². The van der Waals surface area contributed by atoms with Gasteiger partial charge in [-0.25, -0.2) is 9.59 Å². The van der Waals surface area contributed by atoms with E-state index >= 15 is 0 Å². The van der Waals surface area contributed by atoms with Crippen molar-refractivity contribution in [2.24, 2.45) is 0 Å². The van der Waals surface area contributed by atoms with Gasteiger partial charge in [0.05, 0.1) is 11.3 Å². The predicted octanol–water partition coefficient (Wildman–Crippen LogP) is 2.62. The molecular formula is C14H20N2O3S. The third-order valence-electron chi connectivity index (χ3n) is 3.15. The Morgan fingerprint density at radius 1 is 1.30 bits per heavy atom. The smallest absolute Gasteiger partial charge is 0.337 e. The molecule has 0 aliphatic rings. The molecule has 0 aromatic heterocycles. The molecular weight excluding hydrogens is 276 g/mol. The number of carbonyl (C=O) groups is 2. The fourth-order valence-corrected chi connectivity index (χ4v) is 2.53. The third-order valence-corrected chi connectivity index (χ3v) is 3.97. The van der Waals surface area contributed by atoms with Gasteiger partial charge in [-0.05, 0) is 25.3 Å². The first-order valence-corrected chi connectivity index (χ1v) is 7.61. The van der Waals surface area contributed by atoms with Crippen LogP contribution < -0.4 is 4.90 Å². The highest BCUT2D eigenvalue weighted by molar-refractivity contribution is 7.98. The highest BCUT2D eigenvalue weighted by atomic mass is 32.2. The lowest BCUT2D eigenvalue weighted by molar-refractivity contribution is 0.0697. The van der Waals surface area contributed by atoms with Crippen molar-refractivity contribution in [1.29, 1.82) is 0 Å². The molecule has 0 spiro atoms. The van der Waals surface area contributed by atoms with Crippen LogP contribution in [0.2, 0.25) is 0 Å². The van der Waals surface area contributed by atoms with E-state index in [9.17, 15) is 14.7 Å². The van der Waals surface area contributed by atoms with Gasteiger partial charge in [-0.1, -0.05) is 12.1 Å². The maximum Gasteiger partial charge on any atom is 0.337 e. The van der Waals surface area contributed by atoms with Crippen LogP contribution in [0.25, 0.3) is 0 Å². The monoisotopic (exact) mass is 296 g/mol. The standard InChI is InChI=1S/C14H20N2O3S/c1-10(9-20-4)15(2)14(19)16(3)12-8-6-5-7-11(12)13(17)18/h5-8,10H,9H2,1-4H3,(H,17,18). The van der Waals surface area contributed by atoms with Gasteiger partial charge in [-0.15, -0.1) is 0 Å². The van der Waals surface area contributed by atoms with E-state index in [0.717, 1.165) is 5.75 Å². The van der Waals surface area contributed by atoms with Crippen molar-refractivity contribution < 1.29 is 14.7 Å². The molecule has 1 aromatic carbocycles. The van der Waals surface area contributed by atoms with Gasteiger partial charge in [-0.2, -0.15) is 11.8 Å². The third kappa shape index (κ3) is 3.66. The van der Waals surface area contributed by atoms with E-state index in [1.165, 1.54) is 11.0 Å². The minimum atomic E-state index is -1.04. The number of carboxylic acids is 1. The van der Waals surface area contributed by atoms with Gasteiger partial charge in [0.15, 0.2) is 0 Å². The fraction of sp³-hybridized carbons (Fsp3) is 0.429. The van der Waals surface area contributed by atoms with Gasteiger partial charge < -0.3 is 10.0 Å². The number of hydrogen-bond acceptors (Lipinski definition) is 3. The van der Waals surface area contributed by atoms with Crippen LogP contribution in [0.4, 0.5) is 10.5 Å². The minimum Gasteiger partial charge on any atom is -0.478 e. The molecule has 0 saturated heterocycles. The highest BCUT2D eigenvalue weighted by Gasteiger charge is 2.23. The average Bonchev–Trinajstić information content (AvgIpc) is 2.45. The Balaban J connectivity index is 2.97. The van der Waals surface area contributed by atoms with Crippen LogP contribution in [0.5, 0.6) is 0 Å². The molecule has 1 atom stereocenters. The predicted molar refractivity (Wildman–Crippen MR) is 82.8 cm³/mol. The van der Waals surface area contributed by atoms with Gasteiger partial charge in [0, 0.05) is 25.9 Å². The molecule has 1 N–H and O–H groups in total. The first-order valence-electron chi connectivity index (χ1n) is 6.22. The lowest BCUT2D eigenvalue weighted by atomic mass is 10.1. The number of nitrogens with zero attached hydrogens (tertiary/aromatic N) is 2. The Morgan fingerprint density at radius 2 is 1.90 bits per heavy atom. The fourth-order valence-electron chi connectivity index (χ4n) is 1.83. The van der Waals surface area contributed by atoms with Gasteiger partial charge >= 0.3 is 12.0 Å². The summed E-state index contributed by atoms with van der Waals surface area (Å²) in [4.78, 5) is 26.6. The van der Waals surface area contributed by atoms with E-state index in [1.807, 2.05) is 13.2 Å². The topological polar surface area (TPSA) is 60.9 Å². The van der Waals surface area contributed by atoms with Crippen molar-refractivity contribution in [1.82, 2.24) is 4.90 Å². The number of anilines is 1. The number of rotatable bonds is 5. The van der Waals surface area contributed by atoms with Crippen molar-refractivity contribution in [3.8, 4) is 0 Å². The number of hydrogen-bond donors (Lipinski definition) is 1. The van der Waals surface area contributed by atoms with Gasteiger partial charge in [-0.3, -0.25) is 4.90 Å². The van der Waals surface area contributed by atoms with Crippen LogP contribution in [0.15, 0.2) is 24.3 Å². The molecule has 6 heteroatoms. The summed E-state index contributed by atoms with van der Waals surface area (Å²) in [6.07, 6.45) is 1.98. The molecule has 1 unspecified atom stereocenters. The number of carbonyl (C=O) groups excluding carboxylic acids is 1. The lowest BCUT2D eigenvalue weighted by Gasteiger charge is -2.30. The van der Waals surface area contributed by atoms with Crippen LogP contribution in [-0.4, -0.2) is 54.2 Å². The van der Waals surface area contributed by atoms with E-state index in [1.54, 1.807) is 49.0 Å². The molecule has 0 saturated carbocycles. The molecule has 2 amide bonds. The van der Waals surface area contributed by atoms with Crippen LogP contribution in [0.1, 0.15) is 17.3 Å². The summed E-state index contributed by atoms with van der Waals surface area (Å²) in [5.74, 6) is -0.212. The highest BCUT2D eigenvalue weighted by Crippen LogP contribution is 2.21. The summed E-state index contributed by atoms with van der Waals surface area (Å²) < 4.78 is 0. The Labute approximate surface area is 123 Å². The second-order valence-electron chi connectivity index (χ2n) is 4.58. The molecule has 5 nitrogen and oxygen atoms in total. The lowest BCUT2D eigenvalue weighted by Crippen LogP contribution is -2.44. The number of aromatic carboxylic acids is 1. The number of amides is 2. The summed E-state index contributed by atoms with van der Waals surface area (Å²) in [6.45, 7) is 1.96. The van der Waals surface area contributed by atoms with Crippen LogP contribution in [0, 0.1) is 0 Å². The summed E-state index contributed by atoms with van der Waals surface area (Å²) in [7, 11) is 3.31. The summed E-state index contributed by atoms with van der Waals surface area (Å²) >= 11 is 1.66. The zero-order valence-electron chi connectivity index (χ0n) is 12.2. The second kappa shape index (κ2) is 7.19. The molecule has 0 fully saturated rings. The van der Waals surface area contributed by atoms with Crippen molar-refractivity contribution in [3.05, 3.63) is 29.8 Å². The van der Waals surface area contributed by atoms with Crippen molar-refractivity contribution in [2.75, 3.05) is 31.0 Å². The van der Waals surface area contributed by atoms with E-state index < -0.39 is 5.97 Å². The zero-order chi connectivity index (χ0) is 15.3. The van der Waals surface area contributed by atoms with E-state index in [2.05, 4.69) is 0 Å². The van der Waals surface area contributed by atoms with E-state index in [4.69, 9.17) is 0 Å². The maximum absolute atomic E-state index is 12.4. The molecule has 0 bridgehead atoms. The Kier molecular flexibility index (Phi) is 5.88. The number of urea groups is 1. The number of carboxylic acid groups (broad SMARTS) is 1. The SMILES string of the molecule is CSCC(C)N(C)C(=O)N(C)c1ccccc1C(=O)O. The van der Waals surface area contributed by atoms with Gasteiger partial charge in [0.25, 0.3) is 0 Å². The Bertz CT molecular complexity index is 493. The largest absolute Gasteiger partial charge is 0.478 e. The molecule has 20 heavy (non-hydrogen) atoms. The van der Waals surface area contributed by atoms with Gasteiger partial charge in [0.1, 0.15) is 0 Å². The summed E-state index contributed by atoms with van der Waals surface area (Å²) in [5.41, 5.74) is 0.516. The van der Waals surface area contributed by atoms with E-state index in [-0.39, 0.29) is 17.6 Å². The normalized spacial score (nSPS) is 11.8. The molecule has 0 heterocycles. The molecule has 0 aliphatic heterocycles. The Hall–Kier alpha value is -1.69. The van der Waals surface area contributed by atoms with Crippen molar-refractivity contribution >= 4 is 29.4 Å². The van der Waals surface area contributed by atoms with Crippen molar-refractivity contribution in [3.63, 3.8) is 0 Å². The number of para-hydroxylation sites is 1. The Morgan fingerprint density at radius 3 is 2.45 bits per heavy atom. The average molecular weight is 296 g/mol. The maximum atomic E-state index is 12.4. The second-order valence-corrected chi connectivity index (χ2v) is 5.49. The molecule has 1 rings (SSSR count). The molecule has 1 aromatic rings.